The molecule has 0 aromatic rings. The van der Waals surface area contributed by atoms with Gasteiger partial charge in [-0.1, -0.05) is 183 Å². The van der Waals surface area contributed by atoms with Crippen LogP contribution in [0.1, 0.15) is 194 Å². The molecule has 1 fully saturated rings. The van der Waals surface area contributed by atoms with Gasteiger partial charge < -0.3 is 39.4 Å². The van der Waals surface area contributed by atoms with E-state index in [4.69, 9.17) is 18.9 Å². The Balaban J connectivity index is 2.25. The summed E-state index contributed by atoms with van der Waals surface area (Å²) < 4.78 is 22.8. The number of aliphatic hydroxyl groups is 4. The first-order valence-corrected chi connectivity index (χ1v) is 25.0. The van der Waals surface area contributed by atoms with E-state index in [1.54, 1.807) is 0 Å². The van der Waals surface area contributed by atoms with Gasteiger partial charge in [-0.2, -0.15) is 0 Å². The van der Waals surface area contributed by atoms with Gasteiger partial charge in [-0.3, -0.25) is 4.79 Å². The zero-order valence-corrected chi connectivity index (χ0v) is 39.3. The second-order valence-corrected chi connectivity index (χ2v) is 16.9. The average molecular weight is 873 g/mol. The van der Waals surface area contributed by atoms with Gasteiger partial charge in [0.25, 0.3) is 0 Å². The highest BCUT2D eigenvalue weighted by molar-refractivity contribution is 5.69. The molecule has 0 bridgehead atoms. The van der Waals surface area contributed by atoms with E-state index in [1.165, 1.54) is 116 Å². The van der Waals surface area contributed by atoms with E-state index < -0.39 is 43.4 Å². The van der Waals surface area contributed by atoms with Crippen molar-refractivity contribution in [1.82, 2.24) is 0 Å². The summed E-state index contributed by atoms with van der Waals surface area (Å²) in [4.78, 5) is 12.8. The van der Waals surface area contributed by atoms with Crippen molar-refractivity contribution in [2.24, 2.45) is 0 Å². The molecule has 62 heavy (non-hydrogen) atoms. The number of esters is 1. The first-order chi connectivity index (χ1) is 30.4. The minimum atomic E-state index is -1.55. The molecule has 0 spiro atoms. The lowest BCUT2D eigenvalue weighted by Crippen LogP contribution is -2.59. The smallest absolute Gasteiger partial charge is 0.306 e. The topological polar surface area (TPSA) is 135 Å². The Morgan fingerprint density at radius 1 is 0.532 bits per heavy atom. The molecule has 1 saturated heterocycles. The molecule has 358 valence electrons. The predicted octanol–water partition coefficient (Wildman–Crippen LogP) is 12.0. The van der Waals surface area contributed by atoms with Gasteiger partial charge in [0.1, 0.15) is 30.5 Å². The summed E-state index contributed by atoms with van der Waals surface area (Å²) in [6, 6.07) is 0. The number of unbranched alkanes of at least 4 members (excludes halogenated alkanes) is 19. The molecular weight excluding hydrogens is 781 g/mol. The van der Waals surface area contributed by atoms with Gasteiger partial charge in [-0.15, -0.1) is 0 Å². The van der Waals surface area contributed by atoms with Crippen molar-refractivity contribution in [3.05, 3.63) is 72.9 Å². The first-order valence-electron chi connectivity index (χ1n) is 25.0. The zero-order chi connectivity index (χ0) is 45.0. The van der Waals surface area contributed by atoms with Crippen LogP contribution < -0.4 is 0 Å². The number of carbonyl (C=O) groups excluding carboxylic acids is 1. The Labute approximate surface area is 378 Å². The van der Waals surface area contributed by atoms with Crippen LogP contribution in [0.3, 0.4) is 0 Å². The molecule has 0 radical (unpaired) electrons. The second-order valence-electron chi connectivity index (χ2n) is 16.9. The lowest BCUT2D eigenvalue weighted by molar-refractivity contribution is -0.305. The van der Waals surface area contributed by atoms with E-state index in [0.717, 1.165) is 51.4 Å². The minimum absolute atomic E-state index is 0.118. The summed E-state index contributed by atoms with van der Waals surface area (Å²) in [5.41, 5.74) is 0. The standard InChI is InChI=1S/C53H92O9/c1-3-5-7-9-11-13-15-17-19-21-22-23-24-25-27-29-31-33-35-37-39-41-43-59-45-47(46-60-53-52(58)51(57)50(56)48(44-54)62-53)61-49(55)42-40-38-36-34-32-30-28-26-20-18-16-14-12-10-8-6-4-2/h6,8,12,14,18,20-22,28,30,34,36,47-48,50-54,56-58H,3-5,7,9-11,13,15-17,19,23-27,29,31-33,35,37-46H2,1-2H3/b8-6-,14-12-,20-18-,22-21-,30-28-,36-34-. The van der Waals surface area contributed by atoms with Crippen LogP contribution in [0.25, 0.3) is 0 Å². The number of aliphatic hydroxyl groups excluding tert-OH is 4. The zero-order valence-electron chi connectivity index (χ0n) is 39.3. The van der Waals surface area contributed by atoms with Crippen LogP contribution in [-0.4, -0.2) is 89.6 Å². The molecule has 6 atom stereocenters. The summed E-state index contributed by atoms with van der Waals surface area (Å²) >= 11 is 0. The molecule has 0 aromatic heterocycles. The van der Waals surface area contributed by atoms with Gasteiger partial charge in [0, 0.05) is 13.0 Å². The maximum absolute atomic E-state index is 12.8. The molecule has 0 saturated carbocycles. The Bertz CT molecular complexity index is 1180. The molecule has 6 unspecified atom stereocenters. The van der Waals surface area contributed by atoms with Crippen molar-refractivity contribution in [1.29, 1.82) is 0 Å². The van der Waals surface area contributed by atoms with Crippen molar-refractivity contribution in [3.8, 4) is 0 Å². The van der Waals surface area contributed by atoms with Crippen LogP contribution >= 0.6 is 0 Å². The molecular formula is C53H92O9. The van der Waals surface area contributed by atoms with E-state index in [1.807, 2.05) is 0 Å². The van der Waals surface area contributed by atoms with Crippen molar-refractivity contribution < 1.29 is 44.2 Å². The minimum Gasteiger partial charge on any atom is -0.457 e. The van der Waals surface area contributed by atoms with E-state index in [0.29, 0.717) is 13.0 Å². The largest absolute Gasteiger partial charge is 0.457 e. The molecule has 1 aliphatic rings. The first kappa shape index (κ1) is 57.6. The van der Waals surface area contributed by atoms with Crippen molar-refractivity contribution in [2.75, 3.05) is 26.4 Å². The monoisotopic (exact) mass is 873 g/mol. The van der Waals surface area contributed by atoms with E-state index in [-0.39, 0.29) is 25.6 Å². The molecule has 9 heteroatoms. The second kappa shape index (κ2) is 43.9. The SMILES string of the molecule is CC/C=C\C/C=C\C/C=C\C/C=C\C/C=C\CCCC(=O)OC(COCCCCCCCCCCCC/C=C\CCCCCCCCCC)COC1OC(CO)C(O)C(O)C1O. The van der Waals surface area contributed by atoms with Crippen LogP contribution in [-0.2, 0) is 23.7 Å². The average Bonchev–Trinajstić information content (AvgIpc) is 3.27. The molecule has 1 aliphatic heterocycles. The summed E-state index contributed by atoms with van der Waals surface area (Å²) in [5.74, 6) is -0.371. The molecule has 1 heterocycles. The fourth-order valence-electron chi connectivity index (χ4n) is 7.23. The van der Waals surface area contributed by atoms with Crippen LogP contribution in [0.5, 0.6) is 0 Å². The van der Waals surface area contributed by atoms with Crippen LogP contribution in [0.2, 0.25) is 0 Å². The molecule has 0 aromatic carbocycles. The van der Waals surface area contributed by atoms with Crippen molar-refractivity contribution in [3.63, 3.8) is 0 Å². The molecule has 0 aliphatic carbocycles. The number of hydrogen-bond donors (Lipinski definition) is 4. The highest BCUT2D eigenvalue weighted by Crippen LogP contribution is 2.22. The van der Waals surface area contributed by atoms with Crippen molar-refractivity contribution >= 4 is 5.97 Å². The van der Waals surface area contributed by atoms with Crippen LogP contribution in [0.15, 0.2) is 72.9 Å². The van der Waals surface area contributed by atoms with E-state index in [2.05, 4.69) is 86.8 Å². The van der Waals surface area contributed by atoms with Gasteiger partial charge in [0.05, 0.1) is 19.8 Å². The number of carbonyl (C=O) groups is 1. The highest BCUT2D eigenvalue weighted by atomic mass is 16.7. The Hall–Kier alpha value is -2.37. The van der Waals surface area contributed by atoms with Gasteiger partial charge in [0.2, 0.25) is 0 Å². The number of allylic oxidation sites excluding steroid dienone is 12. The van der Waals surface area contributed by atoms with Crippen LogP contribution in [0.4, 0.5) is 0 Å². The Morgan fingerprint density at radius 3 is 1.50 bits per heavy atom. The lowest BCUT2D eigenvalue weighted by Gasteiger charge is -2.39. The molecule has 0 amide bonds. The maximum atomic E-state index is 12.8. The Morgan fingerprint density at radius 2 is 0.984 bits per heavy atom. The third kappa shape index (κ3) is 34.1. The normalized spacial score (nSPS) is 20.4. The fourth-order valence-corrected chi connectivity index (χ4v) is 7.23. The van der Waals surface area contributed by atoms with E-state index in [9.17, 15) is 25.2 Å². The van der Waals surface area contributed by atoms with Gasteiger partial charge in [0.15, 0.2) is 6.29 Å². The maximum Gasteiger partial charge on any atom is 0.306 e. The summed E-state index contributed by atoms with van der Waals surface area (Å²) in [7, 11) is 0. The molecule has 4 N–H and O–H groups in total. The summed E-state index contributed by atoms with van der Waals surface area (Å²) in [5, 5.41) is 40.2. The highest BCUT2D eigenvalue weighted by Gasteiger charge is 2.44. The Kier molecular flexibility index (Phi) is 40.8. The van der Waals surface area contributed by atoms with E-state index >= 15 is 0 Å². The lowest BCUT2D eigenvalue weighted by atomic mass is 9.99. The van der Waals surface area contributed by atoms with Gasteiger partial charge >= 0.3 is 5.97 Å². The number of rotatable bonds is 42. The molecule has 1 rings (SSSR count). The fraction of sp³-hybridized carbons (Fsp3) is 0.755. The summed E-state index contributed by atoms with van der Waals surface area (Å²) in [6.07, 6.45) is 50.9. The van der Waals surface area contributed by atoms with Crippen LogP contribution in [0, 0.1) is 0 Å². The van der Waals surface area contributed by atoms with Gasteiger partial charge in [-0.05, 0) is 77.0 Å². The summed E-state index contributed by atoms with van der Waals surface area (Å²) in [6.45, 7) is 4.37. The predicted molar refractivity (Wildman–Crippen MR) is 256 cm³/mol. The molecule has 9 nitrogen and oxygen atoms in total. The quantitative estimate of drug-likeness (QED) is 0.0269. The third-order valence-corrected chi connectivity index (χ3v) is 11.1. The number of hydrogen-bond acceptors (Lipinski definition) is 9. The van der Waals surface area contributed by atoms with Crippen molar-refractivity contribution in [2.45, 2.75) is 230 Å². The third-order valence-electron chi connectivity index (χ3n) is 11.1. The number of ether oxygens (including phenoxy) is 4. The van der Waals surface area contributed by atoms with Gasteiger partial charge in [-0.25, -0.2) is 0 Å².